The Balaban J connectivity index is 1.96. The van der Waals surface area contributed by atoms with Crippen molar-refractivity contribution in [3.63, 3.8) is 0 Å². The van der Waals surface area contributed by atoms with Crippen LogP contribution in [-0.2, 0) is 6.42 Å². The van der Waals surface area contributed by atoms with E-state index in [4.69, 9.17) is 0 Å². The van der Waals surface area contributed by atoms with Gasteiger partial charge in [-0.05, 0) is 48.6 Å². The summed E-state index contributed by atoms with van der Waals surface area (Å²) in [7, 11) is 0. The third kappa shape index (κ3) is 5.04. The Hall–Kier alpha value is -0.640. The summed E-state index contributed by atoms with van der Waals surface area (Å²) in [5, 5.41) is 8.18. The van der Waals surface area contributed by atoms with Crippen LogP contribution in [0.4, 0.5) is 0 Å². The van der Waals surface area contributed by atoms with Crippen LogP contribution in [0.25, 0.3) is 0 Å². The van der Waals surface area contributed by atoms with Crippen LogP contribution in [0.3, 0.4) is 0 Å². The third-order valence-corrected chi connectivity index (χ3v) is 5.42. The Labute approximate surface area is 131 Å². The van der Waals surface area contributed by atoms with Crippen molar-refractivity contribution in [1.82, 2.24) is 5.32 Å². The van der Waals surface area contributed by atoms with Crippen LogP contribution in [0.1, 0.15) is 49.4 Å². The van der Waals surface area contributed by atoms with Crippen molar-refractivity contribution in [2.45, 2.75) is 52.1 Å². The molecule has 0 amide bonds. The van der Waals surface area contributed by atoms with E-state index in [-0.39, 0.29) is 0 Å². The van der Waals surface area contributed by atoms with Crippen molar-refractivity contribution in [1.29, 1.82) is 0 Å². The number of thiophene rings is 2. The highest BCUT2D eigenvalue weighted by Gasteiger charge is 2.16. The zero-order chi connectivity index (χ0) is 14.4. The highest BCUT2D eigenvalue weighted by atomic mass is 32.1. The fourth-order valence-corrected chi connectivity index (χ4v) is 3.91. The van der Waals surface area contributed by atoms with Crippen LogP contribution in [0.5, 0.6) is 0 Å². The second-order valence-electron chi connectivity index (χ2n) is 5.89. The van der Waals surface area contributed by atoms with Crippen LogP contribution in [0.2, 0.25) is 0 Å². The summed E-state index contributed by atoms with van der Waals surface area (Å²) >= 11 is 3.72. The highest BCUT2D eigenvalue weighted by Crippen LogP contribution is 2.26. The summed E-state index contributed by atoms with van der Waals surface area (Å²) in [5.74, 6) is 0.789. The number of nitrogens with one attached hydrogen (secondary N) is 1. The van der Waals surface area contributed by atoms with Crippen LogP contribution in [-0.4, -0.2) is 6.04 Å². The molecule has 0 aromatic carbocycles. The summed E-state index contributed by atoms with van der Waals surface area (Å²) in [6.45, 7) is 6.92. The predicted octanol–water partition coefficient (Wildman–Crippen LogP) is 5.51. The van der Waals surface area contributed by atoms with Gasteiger partial charge in [-0.25, -0.2) is 0 Å². The van der Waals surface area contributed by atoms with E-state index in [0.29, 0.717) is 12.1 Å². The molecular formula is C17H25NS2. The molecule has 0 spiro atoms. The molecule has 0 aliphatic rings. The molecule has 1 nitrogen and oxygen atoms in total. The lowest BCUT2D eigenvalue weighted by atomic mass is 10.0. The van der Waals surface area contributed by atoms with Gasteiger partial charge in [0, 0.05) is 28.3 Å². The van der Waals surface area contributed by atoms with E-state index < -0.39 is 0 Å². The molecular weight excluding hydrogens is 282 g/mol. The Kier molecular flexibility index (Phi) is 6.27. The van der Waals surface area contributed by atoms with Crippen LogP contribution in [0.15, 0.2) is 35.0 Å². The average molecular weight is 308 g/mol. The maximum absolute atomic E-state index is 3.83. The summed E-state index contributed by atoms with van der Waals surface area (Å²) in [6, 6.07) is 9.83. The predicted molar refractivity (Wildman–Crippen MR) is 91.8 cm³/mol. The van der Waals surface area contributed by atoms with E-state index in [1.807, 2.05) is 22.7 Å². The van der Waals surface area contributed by atoms with Gasteiger partial charge in [-0.15, -0.1) is 22.7 Å². The van der Waals surface area contributed by atoms with Gasteiger partial charge in [-0.1, -0.05) is 26.0 Å². The smallest absolute Gasteiger partial charge is 0.0465 e. The van der Waals surface area contributed by atoms with Gasteiger partial charge in [0.15, 0.2) is 0 Å². The quantitative estimate of drug-likeness (QED) is 0.678. The molecule has 0 aliphatic carbocycles. The van der Waals surface area contributed by atoms with Crippen molar-refractivity contribution < 1.29 is 0 Å². The van der Waals surface area contributed by atoms with Crippen LogP contribution in [0, 0.1) is 5.92 Å². The second kappa shape index (κ2) is 7.96. The lowest BCUT2D eigenvalue weighted by molar-refractivity contribution is 0.406. The monoisotopic (exact) mass is 307 g/mol. The van der Waals surface area contributed by atoms with Crippen molar-refractivity contribution in [3.05, 3.63) is 44.8 Å². The summed E-state index contributed by atoms with van der Waals surface area (Å²) < 4.78 is 0. The zero-order valence-electron chi connectivity index (χ0n) is 12.6. The van der Waals surface area contributed by atoms with Gasteiger partial charge in [0.2, 0.25) is 0 Å². The first-order valence-electron chi connectivity index (χ1n) is 7.47. The Morgan fingerprint density at radius 1 is 1.00 bits per heavy atom. The van der Waals surface area contributed by atoms with Gasteiger partial charge in [-0.2, -0.15) is 0 Å². The van der Waals surface area contributed by atoms with Gasteiger partial charge in [0.05, 0.1) is 0 Å². The maximum atomic E-state index is 3.83. The van der Waals surface area contributed by atoms with Crippen molar-refractivity contribution >= 4 is 22.7 Å². The molecule has 3 heteroatoms. The van der Waals surface area contributed by atoms with E-state index in [1.165, 1.54) is 22.6 Å². The minimum absolute atomic E-state index is 0.454. The lowest BCUT2D eigenvalue weighted by Gasteiger charge is -2.23. The zero-order valence-corrected chi connectivity index (χ0v) is 14.3. The second-order valence-corrected chi connectivity index (χ2v) is 7.90. The molecule has 1 N–H and O–H groups in total. The number of hydrogen-bond acceptors (Lipinski definition) is 3. The van der Waals surface area contributed by atoms with Crippen molar-refractivity contribution in [2.75, 3.05) is 0 Å². The van der Waals surface area contributed by atoms with E-state index >= 15 is 0 Å². The maximum Gasteiger partial charge on any atom is 0.0465 e. The summed E-state index contributed by atoms with van der Waals surface area (Å²) in [4.78, 5) is 2.92. The molecule has 2 atom stereocenters. The molecule has 2 unspecified atom stereocenters. The number of rotatable bonds is 8. The first-order valence-corrected chi connectivity index (χ1v) is 9.23. The molecule has 0 radical (unpaired) electrons. The fraction of sp³-hybridized carbons (Fsp3) is 0.529. The van der Waals surface area contributed by atoms with Gasteiger partial charge < -0.3 is 5.32 Å². The van der Waals surface area contributed by atoms with Gasteiger partial charge in [-0.3, -0.25) is 0 Å². The molecule has 110 valence electrons. The van der Waals surface area contributed by atoms with Gasteiger partial charge in [0.1, 0.15) is 0 Å². The Morgan fingerprint density at radius 2 is 1.75 bits per heavy atom. The number of hydrogen-bond donors (Lipinski definition) is 1. The third-order valence-electron chi connectivity index (χ3n) is 3.53. The minimum atomic E-state index is 0.454. The molecule has 0 fully saturated rings. The van der Waals surface area contributed by atoms with Crippen LogP contribution < -0.4 is 5.32 Å². The molecule has 0 bridgehead atoms. The highest BCUT2D eigenvalue weighted by molar-refractivity contribution is 7.10. The van der Waals surface area contributed by atoms with E-state index in [2.05, 4.69) is 61.1 Å². The Morgan fingerprint density at radius 3 is 2.35 bits per heavy atom. The molecule has 20 heavy (non-hydrogen) atoms. The van der Waals surface area contributed by atoms with Crippen molar-refractivity contribution in [2.24, 2.45) is 5.92 Å². The van der Waals surface area contributed by atoms with Gasteiger partial charge >= 0.3 is 0 Å². The molecule has 0 saturated heterocycles. The fourth-order valence-electron chi connectivity index (χ4n) is 2.37. The lowest BCUT2D eigenvalue weighted by Crippen LogP contribution is -2.31. The summed E-state index contributed by atoms with van der Waals surface area (Å²) in [5.41, 5.74) is 0. The van der Waals surface area contributed by atoms with E-state index in [0.717, 1.165) is 12.3 Å². The molecule has 0 saturated carbocycles. The molecule has 0 aliphatic heterocycles. The average Bonchev–Trinajstić information content (AvgIpc) is 3.08. The normalized spacial score (nSPS) is 14.6. The topological polar surface area (TPSA) is 12.0 Å². The molecule has 2 rings (SSSR count). The molecule has 2 aromatic rings. The molecule has 2 heterocycles. The standard InChI is InChI=1S/C17H25NS2/c1-13(2)8-9-14(3)18-16(17-7-5-11-20-17)12-15-6-4-10-19-15/h4-7,10-11,13-14,16,18H,8-9,12H2,1-3H3. The van der Waals surface area contributed by atoms with Crippen molar-refractivity contribution in [3.8, 4) is 0 Å². The summed E-state index contributed by atoms with van der Waals surface area (Å²) in [6.07, 6.45) is 3.65. The first-order chi connectivity index (χ1) is 9.65. The van der Waals surface area contributed by atoms with E-state index in [1.54, 1.807) is 0 Å². The van der Waals surface area contributed by atoms with Gasteiger partial charge in [0.25, 0.3) is 0 Å². The van der Waals surface area contributed by atoms with Crippen LogP contribution >= 0.6 is 22.7 Å². The Bertz CT molecular complexity index is 459. The minimum Gasteiger partial charge on any atom is -0.306 e. The molecule has 2 aromatic heterocycles. The SMILES string of the molecule is CC(C)CCC(C)NC(Cc1cccs1)c1cccs1. The first kappa shape index (κ1) is 15.7. The van der Waals surface area contributed by atoms with E-state index in [9.17, 15) is 0 Å². The largest absolute Gasteiger partial charge is 0.306 e.